The van der Waals surface area contributed by atoms with Gasteiger partial charge in [0.05, 0.1) is 13.0 Å². The fraction of sp³-hybridized carbons (Fsp3) is 0.400. The van der Waals surface area contributed by atoms with E-state index in [0.717, 1.165) is 24.0 Å². The Morgan fingerprint density at radius 1 is 1.00 bits per heavy atom. The molecule has 2 aromatic carbocycles. The third kappa shape index (κ3) is 6.83. The van der Waals surface area contributed by atoms with Crippen molar-refractivity contribution in [2.75, 3.05) is 32.8 Å². The van der Waals surface area contributed by atoms with Gasteiger partial charge in [0.1, 0.15) is 0 Å². The number of nitrogens with zero attached hydrogens (tertiary/aromatic N) is 1. The number of benzene rings is 2. The molecule has 170 valence electrons. The van der Waals surface area contributed by atoms with Crippen molar-refractivity contribution in [3.8, 4) is 11.1 Å². The quantitative estimate of drug-likeness (QED) is 0.619. The molecule has 0 bridgehead atoms. The highest BCUT2D eigenvalue weighted by Crippen LogP contribution is 2.20. The van der Waals surface area contributed by atoms with Crippen LogP contribution in [0, 0.1) is 5.92 Å². The molecule has 1 saturated heterocycles. The van der Waals surface area contributed by atoms with Gasteiger partial charge in [-0.3, -0.25) is 9.59 Å². The lowest BCUT2D eigenvalue weighted by Crippen LogP contribution is -2.48. The van der Waals surface area contributed by atoms with Gasteiger partial charge in [-0.2, -0.15) is 0 Å². The minimum atomic E-state index is -0.316. The first-order valence-corrected chi connectivity index (χ1v) is 11.2. The predicted molar refractivity (Wildman–Crippen MR) is 123 cm³/mol. The molecule has 2 N–H and O–H groups in total. The van der Waals surface area contributed by atoms with E-state index in [9.17, 15) is 14.4 Å². The van der Waals surface area contributed by atoms with E-state index in [1.54, 1.807) is 11.8 Å². The number of esters is 1. The van der Waals surface area contributed by atoms with Crippen molar-refractivity contribution in [1.29, 1.82) is 0 Å². The number of hydrogen-bond acceptors (Lipinski definition) is 4. The number of hydrogen-bond donors (Lipinski definition) is 2. The second-order valence-electron chi connectivity index (χ2n) is 7.89. The van der Waals surface area contributed by atoms with Gasteiger partial charge in [0.15, 0.2) is 0 Å². The van der Waals surface area contributed by atoms with E-state index in [-0.39, 0.29) is 36.8 Å². The van der Waals surface area contributed by atoms with E-state index < -0.39 is 0 Å². The van der Waals surface area contributed by atoms with Crippen LogP contribution in [0.15, 0.2) is 54.6 Å². The molecule has 2 aromatic rings. The van der Waals surface area contributed by atoms with E-state index in [2.05, 4.69) is 10.6 Å². The first kappa shape index (κ1) is 23.3. The summed E-state index contributed by atoms with van der Waals surface area (Å²) in [6, 6.07) is 17.4. The van der Waals surface area contributed by atoms with Crippen molar-refractivity contribution < 1.29 is 19.1 Å². The van der Waals surface area contributed by atoms with Gasteiger partial charge in [0, 0.05) is 31.7 Å². The summed E-state index contributed by atoms with van der Waals surface area (Å²) in [7, 11) is 0. The molecule has 1 aliphatic heterocycles. The van der Waals surface area contributed by atoms with Gasteiger partial charge >= 0.3 is 12.0 Å². The zero-order chi connectivity index (χ0) is 22.8. The number of amides is 3. The second kappa shape index (κ2) is 11.9. The Labute approximate surface area is 189 Å². The van der Waals surface area contributed by atoms with Crippen LogP contribution in [0.5, 0.6) is 0 Å². The van der Waals surface area contributed by atoms with Crippen molar-refractivity contribution in [2.24, 2.45) is 5.92 Å². The topological polar surface area (TPSA) is 87.7 Å². The van der Waals surface area contributed by atoms with Gasteiger partial charge in [0.2, 0.25) is 0 Å². The first-order chi connectivity index (χ1) is 15.6. The lowest BCUT2D eigenvalue weighted by Gasteiger charge is -2.32. The van der Waals surface area contributed by atoms with Crippen LogP contribution >= 0.6 is 0 Å². The number of carbonyl (C=O) groups excluding carboxylic acids is 3. The summed E-state index contributed by atoms with van der Waals surface area (Å²) in [6.07, 6.45) is 2.01. The molecule has 0 aromatic heterocycles. The molecule has 0 spiro atoms. The maximum Gasteiger partial charge on any atom is 0.317 e. The molecule has 1 unspecified atom stereocenters. The standard InChI is InChI=1S/C25H31N3O4/c1-2-32-23(29)14-15-26-25(31)28-16-6-7-19(18-28)17-27-24(30)22-12-10-21(11-13-22)20-8-4-3-5-9-20/h3-5,8-13,19H,2,6-7,14-18H2,1H3,(H,26,31)(H,27,30). The van der Waals surface area contributed by atoms with E-state index in [1.165, 1.54) is 0 Å². The van der Waals surface area contributed by atoms with E-state index in [0.29, 0.717) is 31.8 Å². The zero-order valence-corrected chi connectivity index (χ0v) is 18.5. The Kier molecular flexibility index (Phi) is 8.66. The van der Waals surface area contributed by atoms with Crippen LogP contribution in [-0.4, -0.2) is 55.6 Å². The number of rotatable bonds is 8. The average molecular weight is 438 g/mol. The number of likely N-dealkylation sites (tertiary alicyclic amines) is 1. The van der Waals surface area contributed by atoms with Crippen LogP contribution in [0.4, 0.5) is 4.79 Å². The van der Waals surface area contributed by atoms with E-state index in [4.69, 9.17) is 4.74 Å². The Hall–Kier alpha value is -3.35. The highest BCUT2D eigenvalue weighted by Gasteiger charge is 2.24. The molecule has 1 atom stereocenters. The molecule has 7 nitrogen and oxygen atoms in total. The molecule has 0 aliphatic carbocycles. The van der Waals surface area contributed by atoms with Gasteiger partial charge < -0.3 is 20.3 Å². The minimum absolute atomic E-state index is 0.111. The summed E-state index contributed by atoms with van der Waals surface area (Å²) in [5.74, 6) is -0.225. The fourth-order valence-electron chi connectivity index (χ4n) is 3.82. The van der Waals surface area contributed by atoms with Crippen LogP contribution < -0.4 is 10.6 Å². The number of nitrogens with one attached hydrogen (secondary N) is 2. The van der Waals surface area contributed by atoms with Gasteiger partial charge in [-0.1, -0.05) is 42.5 Å². The largest absolute Gasteiger partial charge is 0.466 e. The number of piperidine rings is 1. The SMILES string of the molecule is CCOC(=O)CCNC(=O)N1CCCC(CNC(=O)c2ccc(-c3ccccc3)cc2)C1. The van der Waals surface area contributed by atoms with Crippen molar-refractivity contribution in [3.63, 3.8) is 0 Å². The summed E-state index contributed by atoms with van der Waals surface area (Å²) < 4.78 is 4.86. The van der Waals surface area contributed by atoms with Gasteiger partial charge in [-0.15, -0.1) is 0 Å². The first-order valence-electron chi connectivity index (χ1n) is 11.2. The number of carbonyl (C=O) groups is 3. The zero-order valence-electron chi connectivity index (χ0n) is 18.5. The second-order valence-corrected chi connectivity index (χ2v) is 7.89. The number of urea groups is 1. The molecule has 1 aliphatic rings. The molecule has 7 heteroatoms. The molecule has 3 rings (SSSR count). The smallest absolute Gasteiger partial charge is 0.317 e. The molecule has 32 heavy (non-hydrogen) atoms. The Balaban J connectivity index is 1.43. The molecule has 3 amide bonds. The maximum absolute atomic E-state index is 12.6. The van der Waals surface area contributed by atoms with Crippen molar-refractivity contribution in [3.05, 3.63) is 60.2 Å². The number of ether oxygens (including phenoxy) is 1. The molecular weight excluding hydrogens is 406 g/mol. The van der Waals surface area contributed by atoms with Gasteiger partial charge in [-0.05, 0) is 48.9 Å². The highest BCUT2D eigenvalue weighted by atomic mass is 16.5. The third-order valence-corrected chi connectivity index (χ3v) is 5.52. The minimum Gasteiger partial charge on any atom is -0.466 e. The van der Waals surface area contributed by atoms with Crippen LogP contribution in [0.3, 0.4) is 0 Å². The predicted octanol–water partition coefficient (Wildman–Crippen LogP) is 3.46. The maximum atomic E-state index is 12.6. The monoisotopic (exact) mass is 437 g/mol. The summed E-state index contributed by atoms with van der Waals surface area (Å²) >= 11 is 0. The summed E-state index contributed by atoms with van der Waals surface area (Å²) in [6.45, 7) is 4.13. The average Bonchev–Trinajstić information content (AvgIpc) is 2.83. The lowest BCUT2D eigenvalue weighted by atomic mass is 9.98. The fourth-order valence-corrected chi connectivity index (χ4v) is 3.82. The summed E-state index contributed by atoms with van der Waals surface area (Å²) in [4.78, 5) is 38.1. The highest BCUT2D eigenvalue weighted by molar-refractivity contribution is 5.94. The molecule has 0 saturated carbocycles. The molecule has 1 heterocycles. The Morgan fingerprint density at radius 2 is 1.72 bits per heavy atom. The van der Waals surface area contributed by atoms with Gasteiger partial charge in [0.25, 0.3) is 5.91 Å². The van der Waals surface area contributed by atoms with Gasteiger partial charge in [-0.25, -0.2) is 4.79 Å². The van der Waals surface area contributed by atoms with Crippen molar-refractivity contribution >= 4 is 17.9 Å². The third-order valence-electron chi connectivity index (χ3n) is 5.52. The Bertz CT molecular complexity index is 899. The van der Waals surface area contributed by atoms with E-state index in [1.807, 2.05) is 54.6 Å². The Morgan fingerprint density at radius 3 is 2.44 bits per heavy atom. The van der Waals surface area contributed by atoms with Crippen molar-refractivity contribution in [1.82, 2.24) is 15.5 Å². The normalized spacial score (nSPS) is 15.7. The summed E-state index contributed by atoms with van der Waals surface area (Å²) in [5, 5.41) is 5.77. The molecule has 1 fully saturated rings. The van der Waals surface area contributed by atoms with Crippen molar-refractivity contribution in [2.45, 2.75) is 26.2 Å². The lowest BCUT2D eigenvalue weighted by molar-refractivity contribution is -0.142. The van der Waals surface area contributed by atoms with E-state index >= 15 is 0 Å². The van der Waals surface area contributed by atoms with Crippen LogP contribution in [0.2, 0.25) is 0 Å². The van der Waals surface area contributed by atoms with Crippen LogP contribution in [0.1, 0.15) is 36.5 Å². The van der Waals surface area contributed by atoms with Crippen LogP contribution in [0.25, 0.3) is 11.1 Å². The summed E-state index contributed by atoms with van der Waals surface area (Å²) in [5.41, 5.74) is 2.80. The molecular formula is C25H31N3O4. The molecule has 0 radical (unpaired) electrons. The van der Waals surface area contributed by atoms with Crippen LogP contribution in [-0.2, 0) is 9.53 Å².